The maximum Gasteiger partial charge on any atom is 0.287 e. The molecule has 0 saturated heterocycles. The summed E-state index contributed by atoms with van der Waals surface area (Å²) in [5, 5.41) is 18.6. The van der Waals surface area contributed by atoms with Gasteiger partial charge in [-0.15, -0.1) is 10.2 Å². The lowest BCUT2D eigenvalue weighted by atomic mass is 10.2. The molecule has 1 heterocycles. The molecule has 9 nitrogen and oxygen atoms in total. The number of nitrogens with zero attached hydrogens (tertiary/aromatic N) is 4. The topological polar surface area (TPSA) is 114 Å². The monoisotopic (exact) mass is 444 g/mol. The number of sulfonamides is 1. The summed E-state index contributed by atoms with van der Waals surface area (Å²) in [5.74, 6) is -0.326. The van der Waals surface area contributed by atoms with E-state index in [2.05, 4.69) is 10.2 Å². The van der Waals surface area contributed by atoms with Crippen molar-refractivity contribution in [2.75, 3.05) is 17.2 Å². The van der Waals surface area contributed by atoms with E-state index in [0.29, 0.717) is 23.4 Å². The molecule has 3 aromatic rings. The van der Waals surface area contributed by atoms with Crippen LogP contribution in [0.2, 0.25) is 0 Å². The Labute approximate surface area is 180 Å². The van der Waals surface area contributed by atoms with Crippen molar-refractivity contribution in [3.63, 3.8) is 0 Å². The fourth-order valence-electron chi connectivity index (χ4n) is 3.30. The van der Waals surface area contributed by atoms with Crippen molar-refractivity contribution in [3.8, 4) is 11.6 Å². The Morgan fingerprint density at radius 1 is 1.19 bits per heavy atom. The first kappa shape index (κ1) is 22.3. The van der Waals surface area contributed by atoms with Gasteiger partial charge in [0, 0.05) is 12.4 Å². The maximum absolute atomic E-state index is 12.7. The number of carbonyl (C=O) groups is 1. The van der Waals surface area contributed by atoms with E-state index in [9.17, 15) is 18.3 Å². The van der Waals surface area contributed by atoms with E-state index in [4.69, 9.17) is 4.74 Å². The summed E-state index contributed by atoms with van der Waals surface area (Å²) in [7, 11) is -2.13. The lowest BCUT2D eigenvalue weighted by Gasteiger charge is -2.26. The zero-order valence-corrected chi connectivity index (χ0v) is 18.5. The molecule has 0 saturated carbocycles. The minimum atomic E-state index is -3.79. The standard InChI is InChI=1S/C21H24N4O5S/c1-5-30-16-12-10-15(11-13-16)25(31(4,28)29)14(2)20(26)23-22-19-17-8-6-7-9-18(17)24(3)21(19)27/h6-14,27H,5H2,1-4H3/t14-/m1/s1. The highest BCUT2D eigenvalue weighted by Gasteiger charge is 2.29. The highest BCUT2D eigenvalue weighted by molar-refractivity contribution is 7.92. The van der Waals surface area contributed by atoms with Crippen LogP contribution in [0.15, 0.2) is 58.8 Å². The minimum absolute atomic E-state index is 0.142. The van der Waals surface area contributed by atoms with Gasteiger partial charge >= 0.3 is 0 Å². The molecule has 0 bridgehead atoms. The number of ether oxygens (including phenoxy) is 1. The largest absolute Gasteiger partial charge is 0.494 e. The highest BCUT2D eigenvalue weighted by atomic mass is 32.2. The van der Waals surface area contributed by atoms with Gasteiger partial charge in [0.2, 0.25) is 15.9 Å². The van der Waals surface area contributed by atoms with Crippen molar-refractivity contribution >= 4 is 38.2 Å². The van der Waals surface area contributed by atoms with Crippen LogP contribution in [-0.2, 0) is 21.9 Å². The Balaban J connectivity index is 1.92. The van der Waals surface area contributed by atoms with Crippen molar-refractivity contribution < 1.29 is 23.1 Å². The van der Waals surface area contributed by atoms with E-state index >= 15 is 0 Å². The smallest absolute Gasteiger partial charge is 0.287 e. The first-order valence-corrected chi connectivity index (χ1v) is 11.4. The van der Waals surface area contributed by atoms with Gasteiger partial charge in [0.05, 0.1) is 24.1 Å². The molecule has 0 radical (unpaired) electrons. The lowest BCUT2D eigenvalue weighted by molar-refractivity contribution is -0.119. The molecule has 0 unspecified atom stereocenters. The first-order valence-electron chi connectivity index (χ1n) is 9.59. The number of fused-ring (bicyclic) bond motifs is 1. The zero-order chi connectivity index (χ0) is 22.8. The van der Waals surface area contributed by atoms with Crippen LogP contribution in [-0.4, -0.2) is 42.9 Å². The number of amides is 1. The normalized spacial score (nSPS) is 12.9. The van der Waals surface area contributed by atoms with Gasteiger partial charge in [-0.3, -0.25) is 9.10 Å². The molecule has 1 amide bonds. The van der Waals surface area contributed by atoms with Gasteiger partial charge in [0.15, 0.2) is 5.69 Å². The van der Waals surface area contributed by atoms with E-state index in [1.807, 2.05) is 13.0 Å². The number of hydrogen-bond acceptors (Lipinski definition) is 6. The predicted molar refractivity (Wildman–Crippen MR) is 119 cm³/mol. The lowest BCUT2D eigenvalue weighted by Crippen LogP contribution is -2.42. The van der Waals surface area contributed by atoms with Crippen molar-refractivity contribution in [2.45, 2.75) is 19.9 Å². The number of carbonyl (C=O) groups excluding carboxylic acids is 1. The highest BCUT2D eigenvalue weighted by Crippen LogP contribution is 2.37. The van der Waals surface area contributed by atoms with E-state index < -0.39 is 22.0 Å². The zero-order valence-electron chi connectivity index (χ0n) is 17.7. The van der Waals surface area contributed by atoms with Gasteiger partial charge in [-0.1, -0.05) is 18.2 Å². The fraction of sp³-hybridized carbons (Fsp3) is 0.286. The number of aromatic nitrogens is 1. The van der Waals surface area contributed by atoms with Crippen LogP contribution in [0.4, 0.5) is 11.4 Å². The van der Waals surface area contributed by atoms with Crippen LogP contribution in [0.1, 0.15) is 13.8 Å². The molecule has 31 heavy (non-hydrogen) atoms. The minimum Gasteiger partial charge on any atom is -0.494 e. The van der Waals surface area contributed by atoms with Crippen molar-refractivity contribution in [1.29, 1.82) is 0 Å². The van der Waals surface area contributed by atoms with Crippen LogP contribution < -0.4 is 9.04 Å². The second-order valence-corrected chi connectivity index (χ2v) is 8.81. The van der Waals surface area contributed by atoms with Crippen LogP contribution in [0.5, 0.6) is 11.6 Å². The number of rotatable bonds is 7. The molecule has 0 spiro atoms. The van der Waals surface area contributed by atoms with Crippen molar-refractivity contribution in [3.05, 3.63) is 48.5 Å². The molecule has 1 N–H and O–H groups in total. The van der Waals surface area contributed by atoms with Crippen molar-refractivity contribution in [2.24, 2.45) is 17.3 Å². The van der Waals surface area contributed by atoms with E-state index in [-0.39, 0.29) is 11.6 Å². The van der Waals surface area contributed by atoms with Crippen LogP contribution in [0.3, 0.4) is 0 Å². The summed E-state index contributed by atoms with van der Waals surface area (Å²) in [4.78, 5) is 12.7. The number of aromatic hydroxyl groups is 1. The molecule has 1 atom stereocenters. The number of aryl methyl sites for hydroxylation is 1. The number of benzene rings is 2. The van der Waals surface area contributed by atoms with Gasteiger partial charge in [-0.2, -0.15) is 0 Å². The quantitative estimate of drug-likeness (QED) is 0.558. The molecule has 164 valence electrons. The molecule has 0 aliphatic rings. The number of para-hydroxylation sites is 1. The second kappa shape index (κ2) is 8.76. The Bertz CT molecular complexity index is 1230. The third-order valence-electron chi connectivity index (χ3n) is 4.77. The third-order valence-corrected chi connectivity index (χ3v) is 6.01. The predicted octanol–water partition coefficient (Wildman–Crippen LogP) is 3.75. The van der Waals surface area contributed by atoms with Gasteiger partial charge in [0.25, 0.3) is 5.91 Å². The Morgan fingerprint density at radius 2 is 1.84 bits per heavy atom. The average Bonchev–Trinajstić information content (AvgIpc) is 2.97. The molecule has 3 rings (SSSR count). The molecule has 2 aromatic carbocycles. The molecule has 0 fully saturated rings. The molecule has 10 heteroatoms. The maximum atomic E-state index is 12.7. The van der Waals surface area contributed by atoms with Gasteiger partial charge in [-0.25, -0.2) is 8.42 Å². The third kappa shape index (κ3) is 4.53. The van der Waals surface area contributed by atoms with Crippen LogP contribution in [0.25, 0.3) is 10.9 Å². The number of azo groups is 1. The van der Waals surface area contributed by atoms with E-state index in [1.165, 1.54) is 11.5 Å². The van der Waals surface area contributed by atoms with E-state index in [0.717, 1.165) is 16.1 Å². The molecular formula is C21H24N4O5S. The van der Waals surface area contributed by atoms with Crippen molar-refractivity contribution in [1.82, 2.24) is 4.57 Å². The SMILES string of the molecule is CCOc1ccc(N([C@H](C)C(=O)N=Nc2c(O)n(C)c3ccccc23)S(C)(=O)=O)cc1. The fourth-order valence-corrected chi connectivity index (χ4v) is 4.47. The molecular weight excluding hydrogens is 420 g/mol. The molecule has 1 aromatic heterocycles. The average molecular weight is 445 g/mol. The summed E-state index contributed by atoms with van der Waals surface area (Å²) >= 11 is 0. The number of hydrogen-bond donors (Lipinski definition) is 1. The summed E-state index contributed by atoms with van der Waals surface area (Å²) in [6.07, 6.45) is 1.01. The van der Waals surface area contributed by atoms with Gasteiger partial charge in [-0.05, 0) is 44.2 Å². The molecule has 0 aliphatic heterocycles. The Morgan fingerprint density at radius 3 is 2.45 bits per heavy atom. The summed E-state index contributed by atoms with van der Waals surface area (Å²) < 4.78 is 32.7. The van der Waals surface area contributed by atoms with Gasteiger partial charge < -0.3 is 14.4 Å². The van der Waals surface area contributed by atoms with Gasteiger partial charge in [0.1, 0.15) is 11.8 Å². The van der Waals surface area contributed by atoms with Crippen LogP contribution in [0, 0.1) is 0 Å². The summed E-state index contributed by atoms with van der Waals surface area (Å²) in [6, 6.07) is 12.4. The van der Waals surface area contributed by atoms with Crippen LogP contribution >= 0.6 is 0 Å². The number of anilines is 1. The molecule has 0 aliphatic carbocycles. The Kier molecular flexibility index (Phi) is 6.30. The second-order valence-electron chi connectivity index (χ2n) is 6.95. The van der Waals surface area contributed by atoms with E-state index in [1.54, 1.807) is 49.5 Å². The first-order chi connectivity index (χ1) is 14.6. The summed E-state index contributed by atoms with van der Waals surface area (Å²) in [5.41, 5.74) is 1.17. The summed E-state index contributed by atoms with van der Waals surface area (Å²) in [6.45, 7) is 3.75. The Hall–Kier alpha value is -3.40.